The van der Waals surface area contributed by atoms with Crippen molar-refractivity contribution in [1.29, 1.82) is 0 Å². The molecule has 21 heavy (non-hydrogen) atoms. The lowest BCUT2D eigenvalue weighted by molar-refractivity contribution is 0.600. The Morgan fingerprint density at radius 3 is 2.67 bits per heavy atom. The summed E-state index contributed by atoms with van der Waals surface area (Å²) in [5.41, 5.74) is 1.80. The summed E-state index contributed by atoms with van der Waals surface area (Å²) < 4.78 is 26.8. The summed E-state index contributed by atoms with van der Waals surface area (Å²) in [5.74, 6) is -0.0778. The molecule has 0 radical (unpaired) electrons. The third kappa shape index (κ3) is 4.76. The molecule has 0 aliphatic rings. The van der Waals surface area contributed by atoms with Gasteiger partial charge in [-0.1, -0.05) is 42.5 Å². The highest BCUT2D eigenvalue weighted by atomic mass is 32.2. The molecular formula is C13H18N4O2S2. The number of anilines is 1. The second-order valence-electron chi connectivity index (χ2n) is 4.57. The SMILES string of the molecule is CCc1nnc(NS(=O)(=O)Cc2cccc(CNC)c2)s1. The van der Waals surface area contributed by atoms with Crippen molar-refractivity contribution in [1.82, 2.24) is 15.5 Å². The fourth-order valence-electron chi connectivity index (χ4n) is 1.86. The standard InChI is InChI=1S/C13H18N4O2S2/c1-3-12-15-16-13(20-12)17-21(18,19)9-11-6-4-5-10(7-11)8-14-2/h4-7,14H,3,8-9H2,1-2H3,(H,16,17). The molecule has 2 aromatic rings. The molecule has 0 aliphatic carbocycles. The molecule has 1 heterocycles. The Balaban J connectivity index is 2.08. The van der Waals surface area contributed by atoms with Crippen molar-refractivity contribution in [2.24, 2.45) is 0 Å². The van der Waals surface area contributed by atoms with Crippen molar-refractivity contribution in [2.45, 2.75) is 25.6 Å². The first-order valence-electron chi connectivity index (χ1n) is 6.57. The maximum absolute atomic E-state index is 12.1. The van der Waals surface area contributed by atoms with Gasteiger partial charge in [-0.05, 0) is 24.6 Å². The number of hydrogen-bond donors (Lipinski definition) is 2. The van der Waals surface area contributed by atoms with Gasteiger partial charge < -0.3 is 5.32 Å². The van der Waals surface area contributed by atoms with Crippen LogP contribution in [0.1, 0.15) is 23.1 Å². The molecule has 0 saturated carbocycles. The minimum atomic E-state index is -3.48. The molecule has 0 atom stereocenters. The normalized spacial score (nSPS) is 11.5. The van der Waals surface area contributed by atoms with Crippen molar-refractivity contribution in [3.05, 3.63) is 40.4 Å². The van der Waals surface area contributed by atoms with Crippen LogP contribution in [0.4, 0.5) is 5.13 Å². The Kier molecular flexibility index (Phi) is 5.27. The molecule has 1 aromatic heterocycles. The van der Waals surface area contributed by atoms with Crippen molar-refractivity contribution in [3.8, 4) is 0 Å². The van der Waals surface area contributed by atoms with Gasteiger partial charge in [0, 0.05) is 6.54 Å². The van der Waals surface area contributed by atoms with E-state index in [2.05, 4.69) is 20.2 Å². The largest absolute Gasteiger partial charge is 0.316 e. The molecule has 0 unspecified atom stereocenters. The summed E-state index contributed by atoms with van der Waals surface area (Å²) >= 11 is 1.26. The van der Waals surface area contributed by atoms with Crippen LogP contribution in [0.3, 0.4) is 0 Å². The number of aryl methyl sites for hydroxylation is 1. The van der Waals surface area contributed by atoms with Crippen LogP contribution in [-0.2, 0) is 28.7 Å². The van der Waals surface area contributed by atoms with E-state index < -0.39 is 10.0 Å². The van der Waals surface area contributed by atoms with E-state index >= 15 is 0 Å². The Morgan fingerprint density at radius 1 is 1.24 bits per heavy atom. The molecule has 8 heteroatoms. The molecule has 6 nitrogen and oxygen atoms in total. The van der Waals surface area contributed by atoms with E-state index in [1.807, 2.05) is 32.2 Å². The average molecular weight is 326 g/mol. The number of nitrogens with zero attached hydrogens (tertiary/aromatic N) is 2. The zero-order chi connectivity index (χ0) is 15.3. The van der Waals surface area contributed by atoms with Gasteiger partial charge in [-0.25, -0.2) is 8.42 Å². The highest BCUT2D eigenvalue weighted by Gasteiger charge is 2.14. The lowest BCUT2D eigenvalue weighted by Crippen LogP contribution is -2.15. The number of sulfonamides is 1. The van der Waals surface area contributed by atoms with E-state index in [-0.39, 0.29) is 5.75 Å². The second kappa shape index (κ2) is 6.97. The number of rotatable bonds is 7. The van der Waals surface area contributed by atoms with Gasteiger partial charge in [0.1, 0.15) is 5.01 Å². The molecule has 0 amide bonds. The predicted octanol–water partition coefficient (Wildman–Crippen LogP) is 1.76. The van der Waals surface area contributed by atoms with E-state index in [0.717, 1.165) is 22.6 Å². The number of hydrogen-bond acceptors (Lipinski definition) is 6. The van der Waals surface area contributed by atoms with Crippen molar-refractivity contribution in [3.63, 3.8) is 0 Å². The fraction of sp³-hybridized carbons (Fsp3) is 0.385. The lowest BCUT2D eigenvalue weighted by Gasteiger charge is -2.07. The smallest absolute Gasteiger partial charge is 0.238 e. The maximum atomic E-state index is 12.1. The van der Waals surface area contributed by atoms with Gasteiger partial charge in [-0.15, -0.1) is 10.2 Å². The second-order valence-corrected chi connectivity index (χ2v) is 7.35. The van der Waals surface area contributed by atoms with Crippen LogP contribution < -0.4 is 10.0 Å². The van der Waals surface area contributed by atoms with Crippen LogP contribution in [-0.4, -0.2) is 25.7 Å². The first kappa shape index (κ1) is 15.9. The van der Waals surface area contributed by atoms with Gasteiger partial charge in [-0.3, -0.25) is 4.72 Å². The average Bonchev–Trinajstić information content (AvgIpc) is 2.85. The van der Waals surface area contributed by atoms with E-state index in [9.17, 15) is 8.42 Å². The van der Waals surface area contributed by atoms with Crippen molar-refractivity contribution < 1.29 is 8.42 Å². The molecule has 2 rings (SSSR count). The molecule has 0 bridgehead atoms. The lowest BCUT2D eigenvalue weighted by atomic mass is 10.1. The maximum Gasteiger partial charge on any atom is 0.238 e. The summed E-state index contributed by atoms with van der Waals surface area (Å²) in [6, 6.07) is 7.50. The van der Waals surface area contributed by atoms with Gasteiger partial charge in [0.15, 0.2) is 0 Å². The zero-order valence-electron chi connectivity index (χ0n) is 12.0. The van der Waals surface area contributed by atoms with Gasteiger partial charge in [0.25, 0.3) is 0 Å². The van der Waals surface area contributed by atoms with Crippen LogP contribution in [0.2, 0.25) is 0 Å². The van der Waals surface area contributed by atoms with E-state index in [1.54, 1.807) is 6.07 Å². The highest BCUT2D eigenvalue weighted by molar-refractivity contribution is 7.92. The summed E-state index contributed by atoms with van der Waals surface area (Å²) in [7, 11) is -1.62. The van der Waals surface area contributed by atoms with Crippen LogP contribution in [0.5, 0.6) is 0 Å². The Morgan fingerprint density at radius 2 is 2.00 bits per heavy atom. The van der Waals surface area contributed by atoms with Gasteiger partial charge in [-0.2, -0.15) is 0 Å². The van der Waals surface area contributed by atoms with E-state index in [4.69, 9.17) is 0 Å². The third-order valence-corrected chi connectivity index (χ3v) is 5.07. The van der Waals surface area contributed by atoms with Crippen LogP contribution in [0.25, 0.3) is 0 Å². The third-order valence-electron chi connectivity index (χ3n) is 2.74. The van der Waals surface area contributed by atoms with Gasteiger partial charge in [0.05, 0.1) is 5.75 Å². The van der Waals surface area contributed by atoms with Crippen LogP contribution >= 0.6 is 11.3 Å². The summed E-state index contributed by atoms with van der Waals surface area (Å²) in [4.78, 5) is 0. The predicted molar refractivity (Wildman–Crippen MR) is 84.7 cm³/mol. The summed E-state index contributed by atoms with van der Waals surface area (Å²) in [6.07, 6.45) is 0.742. The minimum Gasteiger partial charge on any atom is -0.316 e. The Bertz CT molecular complexity index is 698. The van der Waals surface area contributed by atoms with Crippen LogP contribution in [0.15, 0.2) is 24.3 Å². The molecule has 0 saturated heterocycles. The molecule has 114 valence electrons. The van der Waals surface area contributed by atoms with Crippen LogP contribution in [0, 0.1) is 0 Å². The molecule has 0 fully saturated rings. The summed E-state index contributed by atoms with van der Waals surface area (Å²) in [5, 5.41) is 11.9. The molecule has 0 aliphatic heterocycles. The Hall–Kier alpha value is -1.51. The number of aromatic nitrogens is 2. The summed E-state index contributed by atoms with van der Waals surface area (Å²) in [6.45, 7) is 2.66. The first-order chi connectivity index (χ1) is 10.0. The van der Waals surface area contributed by atoms with E-state index in [1.165, 1.54) is 11.3 Å². The topological polar surface area (TPSA) is 84.0 Å². The molecule has 2 N–H and O–H groups in total. The van der Waals surface area contributed by atoms with Crippen molar-refractivity contribution >= 4 is 26.5 Å². The highest BCUT2D eigenvalue weighted by Crippen LogP contribution is 2.18. The van der Waals surface area contributed by atoms with Gasteiger partial charge >= 0.3 is 0 Å². The molecule has 0 spiro atoms. The van der Waals surface area contributed by atoms with Gasteiger partial charge in [0.2, 0.25) is 15.2 Å². The minimum absolute atomic E-state index is 0.0778. The zero-order valence-corrected chi connectivity index (χ0v) is 13.6. The Labute approximate surface area is 128 Å². The van der Waals surface area contributed by atoms with E-state index in [0.29, 0.717) is 11.7 Å². The molecule has 1 aromatic carbocycles. The fourth-order valence-corrected chi connectivity index (χ4v) is 3.94. The molecular weight excluding hydrogens is 308 g/mol. The van der Waals surface area contributed by atoms with Crippen molar-refractivity contribution in [2.75, 3.05) is 11.8 Å². The number of nitrogens with one attached hydrogen (secondary N) is 2. The number of benzene rings is 1. The monoisotopic (exact) mass is 326 g/mol. The first-order valence-corrected chi connectivity index (χ1v) is 9.04. The quantitative estimate of drug-likeness (QED) is 0.810.